The molecule has 31 heavy (non-hydrogen) atoms. The fourth-order valence-electron chi connectivity index (χ4n) is 2.58. The van der Waals surface area contributed by atoms with Crippen LogP contribution in [0.15, 0.2) is 60.3 Å². The molecule has 0 unspecified atom stereocenters. The molecule has 0 saturated heterocycles. The zero-order valence-electron chi connectivity index (χ0n) is 16.8. The molecule has 0 atom stereocenters. The van der Waals surface area contributed by atoms with Gasteiger partial charge in [-0.05, 0) is 35.9 Å². The predicted molar refractivity (Wildman–Crippen MR) is 112 cm³/mol. The molecule has 0 bridgehead atoms. The van der Waals surface area contributed by atoms with Crippen molar-refractivity contribution < 1.29 is 28.3 Å². The summed E-state index contributed by atoms with van der Waals surface area (Å²) in [6.45, 7) is 0.494. The molecule has 2 aromatic rings. The van der Waals surface area contributed by atoms with Crippen molar-refractivity contribution in [2.24, 2.45) is 5.73 Å². The van der Waals surface area contributed by atoms with E-state index < -0.39 is 36.1 Å². The largest absolute Gasteiger partial charge is 0.451 e. The summed E-state index contributed by atoms with van der Waals surface area (Å²) < 4.78 is 18.3. The molecule has 0 heterocycles. The molecule has 0 aromatic heterocycles. The van der Waals surface area contributed by atoms with Gasteiger partial charge in [-0.1, -0.05) is 30.3 Å². The van der Waals surface area contributed by atoms with Crippen molar-refractivity contribution in [3.8, 4) is 0 Å². The average molecular weight is 427 g/mol. The summed E-state index contributed by atoms with van der Waals surface area (Å²) in [5.41, 5.74) is 5.97. The second-order valence-corrected chi connectivity index (χ2v) is 6.46. The molecule has 3 amide bonds. The summed E-state index contributed by atoms with van der Waals surface area (Å²) in [6.07, 6.45) is 1.28. The quantitative estimate of drug-likeness (QED) is 0.467. The highest BCUT2D eigenvalue weighted by Crippen LogP contribution is 2.16. The SMILES string of the molecule is CC(=O)N/C(=C\c1ccccc1)C(=O)OCC(=O)N(CCC(N)=O)c1ccc(F)cc1. The fraction of sp³-hybridized carbons (Fsp3) is 0.182. The molecule has 0 saturated carbocycles. The van der Waals surface area contributed by atoms with E-state index in [0.717, 1.165) is 17.0 Å². The zero-order chi connectivity index (χ0) is 22.8. The number of amides is 3. The number of hydrogen-bond acceptors (Lipinski definition) is 5. The molecule has 8 nitrogen and oxygen atoms in total. The van der Waals surface area contributed by atoms with Gasteiger partial charge >= 0.3 is 5.97 Å². The Labute approximate surface area is 178 Å². The lowest BCUT2D eigenvalue weighted by atomic mass is 10.2. The Bertz CT molecular complexity index is 974. The van der Waals surface area contributed by atoms with Gasteiger partial charge in [0, 0.05) is 25.6 Å². The van der Waals surface area contributed by atoms with Crippen LogP contribution < -0.4 is 16.0 Å². The number of primary amides is 1. The number of esters is 1. The Hall–Kier alpha value is -4.01. The molecular weight excluding hydrogens is 405 g/mol. The van der Waals surface area contributed by atoms with Crippen LogP contribution in [-0.4, -0.2) is 36.8 Å². The maximum atomic E-state index is 13.2. The molecule has 3 N–H and O–H groups in total. The third-order valence-electron chi connectivity index (χ3n) is 3.99. The first kappa shape index (κ1) is 23.3. The van der Waals surface area contributed by atoms with E-state index in [0.29, 0.717) is 11.3 Å². The van der Waals surface area contributed by atoms with Gasteiger partial charge in [0.15, 0.2) is 6.61 Å². The van der Waals surface area contributed by atoms with Crippen molar-refractivity contribution in [3.63, 3.8) is 0 Å². The lowest BCUT2D eigenvalue weighted by Gasteiger charge is -2.22. The third-order valence-corrected chi connectivity index (χ3v) is 3.99. The number of ether oxygens (including phenoxy) is 1. The van der Waals surface area contributed by atoms with Crippen molar-refractivity contribution in [2.75, 3.05) is 18.1 Å². The monoisotopic (exact) mass is 427 g/mol. The molecule has 2 rings (SSSR count). The third kappa shape index (κ3) is 7.73. The molecular formula is C22H22FN3O5. The Morgan fingerprint density at radius 1 is 1.06 bits per heavy atom. The molecule has 0 spiro atoms. The van der Waals surface area contributed by atoms with Crippen LogP contribution in [0.2, 0.25) is 0 Å². The maximum Gasteiger partial charge on any atom is 0.355 e. The molecule has 0 aliphatic rings. The lowest BCUT2D eigenvalue weighted by Crippen LogP contribution is -2.38. The number of halogens is 1. The van der Waals surface area contributed by atoms with Gasteiger partial charge in [0.25, 0.3) is 5.91 Å². The van der Waals surface area contributed by atoms with E-state index in [2.05, 4.69) is 5.32 Å². The number of hydrogen-bond donors (Lipinski definition) is 2. The van der Waals surface area contributed by atoms with Gasteiger partial charge < -0.3 is 20.7 Å². The van der Waals surface area contributed by atoms with Crippen LogP contribution in [0.4, 0.5) is 10.1 Å². The van der Waals surface area contributed by atoms with Gasteiger partial charge in [0.1, 0.15) is 11.5 Å². The smallest absolute Gasteiger partial charge is 0.355 e. The summed E-state index contributed by atoms with van der Waals surface area (Å²) in [5.74, 6) is -3.18. The van der Waals surface area contributed by atoms with Crippen LogP contribution in [0.3, 0.4) is 0 Å². The Kier molecular flexibility index (Phi) is 8.44. The van der Waals surface area contributed by atoms with Crippen LogP contribution in [0.5, 0.6) is 0 Å². The number of carbonyl (C=O) groups excluding carboxylic acids is 4. The summed E-state index contributed by atoms with van der Waals surface area (Å²) in [6, 6.07) is 13.8. The molecule has 0 aliphatic carbocycles. The Balaban J connectivity index is 2.13. The summed E-state index contributed by atoms with van der Waals surface area (Å²) in [5, 5.41) is 2.38. The predicted octanol–water partition coefficient (Wildman–Crippen LogP) is 1.75. The second kappa shape index (κ2) is 11.2. The van der Waals surface area contributed by atoms with Crippen molar-refractivity contribution in [1.29, 1.82) is 0 Å². The van der Waals surface area contributed by atoms with Crippen molar-refractivity contribution >= 4 is 35.5 Å². The van der Waals surface area contributed by atoms with Gasteiger partial charge in [-0.25, -0.2) is 9.18 Å². The van der Waals surface area contributed by atoms with E-state index in [9.17, 15) is 23.6 Å². The number of anilines is 1. The van der Waals surface area contributed by atoms with Gasteiger partial charge in [0.2, 0.25) is 11.8 Å². The number of nitrogens with one attached hydrogen (secondary N) is 1. The van der Waals surface area contributed by atoms with Crippen LogP contribution in [-0.2, 0) is 23.9 Å². The Morgan fingerprint density at radius 3 is 2.29 bits per heavy atom. The first-order valence-electron chi connectivity index (χ1n) is 9.32. The summed E-state index contributed by atoms with van der Waals surface area (Å²) >= 11 is 0. The van der Waals surface area contributed by atoms with Crippen molar-refractivity contribution in [3.05, 3.63) is 71.7 Å². The van der Waals surface area contributed by atoms with Gasteiger partial charge in [-0.3, -0.25) is 14.4 Å². The molecule has 9 heteroatoms. The van der Waals surface area contributed by atoms with Crippen LogP contribution in [0.25, 0.3) is 6.08 Å². The molecule has 0 radical (unpaired) electrons. The number of carbonyl (C=O) groups is 4. The second-order valence-electron chi connectivity index (χ2n) is 6.46. The highest BCUT2D eigenvalue weighted by Gasteiger charge is 2.20. The van der Waals surface area contributed by atoms with Crippen LogP contribution in [0.1, 0.15) is 18.9 Å². The van der Waals surface area contributed by atoms with Crippen LogP contribution in [0, 0.1) is 5.82 Å². The minimum atomic E-state index is -0.915. The number of benzene rings is 2. The molecule has 0 aliphatic heterocycles. The van der Waals surface area contributed by atoms with E-state index in [1.807, 2.05) is 0 Å². The minimum Gasteiger partial charge on any atom is -0.451 e. The van der Waals surface area contributed by atoms with E-state index >= 15 is 0 Å². The standard InChI is InChI=1S/C22H22FN3O5/c1-15(27)25-19(13-16-5-3-2-4-6-16)22(30)31-14-21(29)26(12-11-20(24)28)18-9-7-17(23)8-10-18/h2-10,13H,11-12,14H2,1H3,(H2,24,28)(H,25,27)/b19-13-. The Morgan fingerprint density at radius 2 is 1.71 bits per heavy atom. The van der Waals surface area contributed by atoms with E-state index in [1.165, 1.54) is 25.1 Å². The topological polar surface area (TPSA) is 119 Å². The highest BCUT2D eigenvalue weighted by atomic mass is 19.1. The van der Waals surface area contributed by atoms with E-state index in [4.69, 9.17) is 10.5 Å². The number of nitrogens with two attached hydrogens (primary N) is 1. The highest BCUT2D eigenvalue weighted by molar-refractivity contribution is 6.00. The van der Waals surface area contributed by atoms with E-state index in [-0.39, 0.29) is 18.7 Å². The molecule has 2 aromatic carbocycles. The van der Waals surface area contributed by atoms with Crippen molar-refractivity contribution in [1.82, 2.24) is 5.32 Å². The summed E-state index contributed by atoms with van der Waals surface area (Å²) in [4.78, 5) is 48.8. The zero-order valence-corrected chi connectivity index (χ0v) is 16.8. The first-order chi connectivity index (χ1) is 14.8. The normalized spacial score (nSPS) is 10.8. The first-order valence-corrected chi connectivity index (χ1v) is 9.32. The van der Waals surface area contributed by atoms with Gasteiger partial charge in [-0.2, -0.15) is 0 Å². The van der Waals surface area contributed by atoms with E-state index in [1.54, 1.807) is 30.3 Å². The fourth-order valence-corrected chi connectivity index (χ4v) is 2.58. The van der Waals surface area contributed by atoms with Gasteiger partial charge in [0.05, 0.1) is 0 Å². The average Bonchev–Trinajstić information content (AvgIpc) is 2.73. The molecule has 0 fully saturated rings. The van der Waals surface area contributed by atoms with Crippen LogP contribution >= 0.6 is 0 Å². The number of nitrogens with zero attached hydrogens (tertiary/aromatic N) is 1. The molecule has 162 valence electrons. The maximum absolute atomic E-state index is 13.2. The lowest BCUT2D eigenvalue weighted by molar-refractivity contribution is -0.144. The summed E-state index contributed by atoms with van der Waals surface area (Å²) in [7, 11) is 0. The van der Waals surface area contributed by atoms with Crippen molar-refractivity contribution in [2.45, 2.75) is 13.3 Å². The van der Waals surface area contributed by atoms with Gasteiger partial charge in [-0.15, -0.1) is 0 Å². The minimum absolute atomic E-state index is 0.0737. The number of rotatable bonds is 9.